The Balaban J connectivity index is 2.23. The molecule has 0 fully saturated rings. The van der Waals surface area contributed by atoms with Crippen molar-refractivity contribution in [1.82, 2.24) is 0 Å². The molecule has 0 bridgehead atoms. The van der Waals surface area contributed by atoms with Crippen molar-refractivity contribution in [2.75, 3.05) is 25.5 Å². The molecule has 0 aliphatic carbocycles. The van der Waals surface area contributed by atoms with Crippen molar-refractivity contribution in [3.63, 3.8) is 0 Å². The quantitative estimate of drug-likeness (QED) is 0.909. The summed E-state index contributed by atoms with van der Waals surface area (Å²) in [6.45, 7) is 0.593. The van der Waals surface area contributed by atoms with Crippen LogP contribution in [0.1, 0.15) is 17.0 Å². The lowest BCUT2D eigenvalue weighted by Crippen LogP contribution is -2.16. The Bertz CT molecular complexity index is 566. The van der Waals surface area contributed by atoms with Crippen LogP contribution in [0.5, 0.6) is 0 Å². The van der Waals surface area contributed by atoms with E-state index in [1.807, 2.05) is 32.3 Å². The molecule has 0 saturated heterocycles. The van der Waals surface area contributed by atoms with Crippen LogP contribution in [-0.2, 0) is 6.42 Å². The van der Waals surface area contributed by atoms with Gasteiger partial charge in [-0.25, -0.2) is 0 Å². The van der Waals surface area contributed by atoms with Crippen LogP contribution in [0, 0.1) is 0 Å². The normalized spacial score (nSPS) is 12.2. The molecule has 2 aromatic rings. The SMILES string of the molecule is CN(C)c1cccc(CC(CN)c2ccccc2Cl)c1. The Labute approximate surface area is 126 Å². The fraction of sp³-hybridized carbons (Fsp3) is 0.294. The van der Waals surface area contributed by atoms with Crippen molar-refractivity contribution in [2.24, 2.45) is 5.73 Å². The highest BCUT2D eigenvalue weighted by Crippen LogP contribution is 2.27. The summed E-state index contributed by atoms with van der Waals surface area (Å²) in [5.41, 5.74) is 9.57. The zero-order valence-corrected chi connectivity index (χ0v) is 12.8. The third-order valence-electron chi connectivity index (χ3n) is 3.54. The number of rotatable bonds is 5. The average Bonchev–Trinajstić information content (AvgIpc) is 2.46. The predicted octanol–water partition coefficient (Wildman–Crippen LogP) is 3.69. The fourth-order valence-electron chi connectivity index (χ4n) is 2.37. The third-order valence-corrected chi connectivity index (χ3v) is 3.88. The standard InChI is InChI=1S/C17H21ClN2/c1-20(2)15-7-5-6-13(11-15)10-14(12-19)16-8-3-4-9-17(16)18/h3-9,11,14H,10,12,19H2,1-2H3. The number of benzene rings is 2. The topological polar surface area (TPSA) is 29.3 Å². The van der Waals surface area contributed by atoms with Gasteiger partial charge in [0.25, 0.3) is 0 Å². The molecule has 2 N–H and O–H groups in total. The van der Waals surface area contributed by atoms with Gasteiger partial charge in [-0.15, -0.1) is 0 Å². The van der Waals surface area contributed by atoms with Crippen LogP contribution in [-0.4, -0.2) is 20.6 Å². The molecule has 2 nitrogen and oxygen atoms in total. The van der Waals surface area contributed by atoms with Crippen LogP contribution >= 0.6 is 11.6 Å². The van der Waals surface area contributed by atoms with Crippen molar-refractivity contribution in [2.45, 2.75) is 12.3 Å². The maximum Gasteiger partial charge on any atom is 0.0441 e. The van der Waals surface area contributed by atoms with Gasteiger partial charge in [0, 0.05) is 30.7 Å². The average molecular weight is 289 g/mol. The predicted molar refractivity (Wildman–Crippen MR) is 87.7 cm³/mol. The first kappa shape index (κ1) is 14.9. The molecule has 0 aromatic heterocycles. The summed E-state index contributed by atoms with van der Waals surface area (Å²) >= 11 is 6.28. The number of nitrogens with two attached hydrogens (primary N) is 1. The molecule has 0 aliphatic rings. The van der Waals surface area contributed by atoms with E-state index in [4.69, 9.17) is 17.3 Å². The fourth-order valence-corrected chi connectivity index (χ4v) is 2.66. The molecule has 0 radical (unpaired) electrons. The minimum atomic E-state index is 0.251. The summed E-state index contributed by atoms with van der Waals surface area (Å²) < 4.78 is 0. The molecule has 0 saturated carbocycles. The molecule has 1 unspecified atom stereocenters. The Morgan fingerprint density at radius 3 is 2.50 bits per heavy atom. The third kappa shape index (κ3) is 3.53. The second-order valence-electron chi connectivity index (χ2n) is 5.22. The lowest BCUT2D eigenvalue weighted by Gasteiger charge is -2.18. The minimum absolute atomic E-state index is 0.251. The Morgan fingerprint density at radius 2 is 1.85 bits per heavy atom. The van der Waals surface area contributed by atoms with Crippen molar-refractivity contribution < 1.29 is 0 Å². The van der Waals surface area contributed by atoms with E-state index >= 15 is 0 Å². The first-order chi connectivity index (χ1) is 9.61. The second kappa shape index (κ2) is 6.78. The van der Waals surface area contributed by atoms with E-state index in [9.17, 15) is 0 Å². The minimum Gasteiger partial charge on any atom is -0.378 e. The highest BCUT2D eigenvalue weighted by atomic mass is 35.5. The van der Waals surface area contributed by atoms with E-state index in [2.05, 4.69) is 35.2 Å². The summed E-state index contributed by atoms with van der Waals surface area (Å²) in [4.78, 5) is 2.11. The van der Waals surface area contributed by atoms with Gasteiger partial charge in [-0.2, -0.15) is 0 Å². The molecule has 20 heavy (non-hydrogen) atoms. The molecule has 2 aromatic carbocycles. The number of hydrogen-bond donors (Lipinski definition) is 1. The number of hydrogen-bond acceptors (Lipinski definition) is 2. The summed E-state index contributed by atoms with van der Waals surface area (Å²) in [6, 6.07) is 16.5. The van der Waals surface area contributed by atoms with Crippen LogP contribution in [0.2, 0.25) is 5.02 Å². The largest absolute Gasteiger partial charge is 0.378 e. The van der Waals surface area contributed by atoms with E-state index < -0.39 is 0 Å². The maximum absolute atomic E-state index is 6.28. The van der Waals surface area contributed by atoms with Gasteiger partial charge in [-0.05, 0) is 42.3 Å². The molecular formula is C17H21ClN2. The number of halogens is 1. The molecule has 2 rings (SSSR count). The Hall–Kier alpha value is -1.51. The van der Waals surface area contributed by atoms with Crippen LogP contribution in [0.15, 0.2) is 48.5 Å². The highest BCUT2D eigenvalue weighted by molar-refractivity contribution is 6.31. The molecule has 106 valence electrons. The number of anilines is 1. The number of nitrogens with zero attached hydrogens (tertiary/aromatic N) is 1. The van der Waals surface area contributed by atoms with Gasteiger partial charge in [0.2, 0.25) is 0 Å². The molecule has 0 heterocycles. The highest BCUT2D eigenvalue weighted by Gasteiger charge is 2.14. The van der Waals surface area contributed by atoms with Crippen molar-refractivity contribution in [1.29, 1.82) is 0 Å². The molecule has 0 spiro atoms. The Kier molecular flexibility index (Phi) is 5.05. The van der Waals surface area contributed by atoms with Crippen molar-refractivity contribution in [3.8, 4) is 0 Å². The molecule has 3 heteroatoms. The maximum atomic E-state index is 6.28. The Morgan fingerprint density at radius 1 is 1.10 bits per heavy atom. The second-order valence-corrected chi connectivity index (χ2v) is 5.63. The van der Waals surface area contributed by atoms with Crippen LogP contribution in [0.3, 0.4) is 0 Å². The van der Waals surface area contributed by atoms with E-state index in [1.54, 1.807) is 0 Å². The lowest BCUT2D eigenvalue weighted by molar-refractivity contribution is 0.694. The van der Waals surface area contributed by atoms with Crippen molar-refractivity contribution in [3.05, 3.63) is 64.7 Å². The van der Waals surface area contributed by atoms with Crippen LogP contribution in [0.25, 0.3) is 0 Å². The summed E-state index contributed by atoms with van der Waals surface area (Å²) in [7, 11) is 4.10. The van der Waals surface area contributed by atoms with Gasteiger partial charge in [0.05, 0.1) is 0 Å². The lowest BCUT2D eigenvalue weighted by atomic mass is 9.92. The first-order valence-electron chi connectivity index (χ1n) is 6.82. The van der Waals surface area contributed by atoms with E-state index in [0.29, 0.717) is 6.54 Å². The van der Waals surface area contributed by atoms with Crippen LogP contribution in [0.4, 0.5) is 5.69 Å². The van der Waals surface area contributed by atoms with E-state index in [1.165, 1.54) is 11.3 Å². The smallest absolute Gasteiger partial charge is 0.0441 e. The molecule has 0 aliphatic heterocycles. The summed E-state index contributed by atoms with van der Waals surface area (Å²) in [5.74, 6) is 0.251. The summed E-state index contributed by atoms with van der Waals surface area (Å²) in [5, 5.41) is 0.798. The molecular weight excluding hydrogens is 268 g/mol. The van der Waals surface area contributed by atoms with Crippen molar-refractivity contribution >= 4 is 17.3 Å². The summed E-state index contributed by atoms with van der Waals surface area (Å²) in [6.07, 6.45) is 0.905. The first-order valence-corrected chi connectivity index (χ1v) is 7.20. The van der Waals surface area contributed by atoms with E-state index in [0.717, 1.165) is 17.0 Å². The van der Waals surface area contributed by atoms with Gasteiger partial charge in [0.15, 0.2) is 0 Å². The van der Waals surface area contributed by atoms with Gasteiger partial charge >= 0.3 is 0 Å². The van der Waals surface area contributed by atoms with Gasteiger partial charge in [-0.1, -0.05) is 41.9 Å². The zero-order valence-electron chi connectivity index (χ0n) is 12.0. The van der Waals surface area contributed by atoms with E-state index in [-0.39, 0.29) is 5.92 Å². The molecule has 1 atom stereocenters. The van der Waals surface area contributed by atoms with Gasteiger partial charge in [-0.3, -0.25) is 0 Å². The van der Waals surface area contributed by atoms with Gasteiger partial charge < -0.3 is 10.6 Å². The van der Waals surface area contributed by atoms with Gasteiger partial charge in [0.1, 0.15) is 0 Å². The monoisotopic (exact) mass is 288 g/mol. The zero-order chi connectivity index (χ0) is 14.5. The molecule has 0 amide bonds. The van der Waals surface area contributed by atoms with Crippen LogP contribution < -0.4 is 10.6 Å².